The third kappa shape index (κ3) is 3.20. The highest BCUT2D eigenvalue weighted by atomic mass is 32.2. The lowest BCUT2D eigenvalue weighted by Gasteiger charge is -2.43. The van der Waals surface area contributed by atoms with Gasteiger partial charge in [-0.15, -0.1) is 0 Å². The van der Waals surface area contributed by atoms with Gasteiger partial charge in [-0.05, 0) is 63.5 Å². The fraction of sp³-hybridized carbons (Fsp3) is 1.00. The van der Waals surface area contributed by atoms with Gasteiger partial charge in [-0.3, -0.25) is 0 Å². The summed E-state index contributed by atoms with van der Waals surface area (Å²) in [7, 11) is -3.05. The maximum absolute atomic E-state index is 12.8. The van der Waals surface area contributed by atoms with E-state index in [9.17, 15) is 8.42 Å². The Morgan fingerprint density at radius 3 is 2.45 bits per heavy atom. The average Bonchev–Trinajstić information content (AvgIpc) is 2.47. The van der Waals surface area contributed by atoms with E-state index in [-0.39, 0.29) is 0 Å². The molecule has 0 aromatic rings. The van der Waals surface area contributed by atoms with E-state index in [1.54, 1.807) is 0 Å². The van der Waals surface area contributed by atoms with Crippen molar-refractivity contribution < 1.29 is 8.42 Å². The molecule has 1 saturated carbocycles. The average molecular weight is 300 g/mol. The number of nitrogens with zero attached hydrogens (tertiary/aromatic N) is 1. The zero-order chi connectivity index (χ0) is 14.0. The highest BCUT2D eigenvalue weighted by molar-refractivity contribution is 7.89. The molecule has 2 atom stereocenters. The molecule has 116 valence electrons. The summed E-state index contributed by atoms with van der Waals surface area (Å²) in [6.45, 7) is 2.73. The summed E-state index contributed by atoms with van der Waals surface area (Å²) in [4.78, 5) is 0. The van der Waals surface area contributed by atoms with E-state index in [4.69, 9.17) is 0 Å². The fourth-order valence-corrected chi connectivity index (χ4v) is 6.58. The van der Waals surface area contributed by atoms with E-state index in [1.165, 1.54) is 25.7 Å². The van der Waals surface area contributed by atoms with Crippen LogP contribution < -0.4 is 5.32 Å². The van der Waals surface area contributed by atoms with Gasteiger partial charge in [-0.25, -0.2) is 8.42 Å². The van der Waals surface area contributed by atoms with Gasteiger partial charge in [0.05, 0.1) is 5.75 Å². The van der Waals surface area contributed by atoms with Gasteiger partial charge >= 0.3 is 0 Å². The van der Waals surface area contributed by atoms with Crippen molar-refractivity contribution in [2.45, 2.75) is 57.4 Å². The Hall–Kier alpha value is -0.130. The Morgan fingerprint density at radius 1 is 0.950 bits per heavy atom. The van der Waals surface area contributed by atoms with E-state index in [1.807, 2.05) is 4.31 Å². The summed E-state index contributed by atoms with van der Waals surface area (Å²) >= 11 is 0. The van der Waals surface area contributed by atoms with Crippen molar-refractivity contribution >= 4 is 10.0 Å². The lowest BCUT2D eigenvalue weighted by atomic mass is 9.79. The molecule has 2 aliphatic heterocycles. The van der Waals surface area contributed by atoms with Crippen LogP contribution in [0.4, 0.5) is 0 Å². The molecular formula is C15H28N2O2S. The highest BCUT2D eigenvalue weighted by Gasteiger charge is 2.39. The van der Waals surface area contributed by atoms with Gasteiger partial charge in [0.15, 0.2) is 0 Å². The van der Waals surface area contributed by atoms with Crippen molar-refractivity contribution in [2.75, 3.05) is 25.4 Å². The first-order valence-electron chi connectivity index (χ1n) is 8.37. The molecule has 2 heterocycles. The summed E-state index contributed by atoms with van der Waals surface area (Å²) in [5, 5.41) is 3.32. The standard InChI is InChI=1S/C15H28N2O2S/c18-20(19,12-13-7-9-16-10-8-13)17-11-3-5-14-4-1-2-6-15(14)17/h13-16H,1-12H2. The Labute approximate surface area is 123 Å². The second-order valence-corrected chi connectivity index (χ2v) is 8.80. The third-order valence-electron chi connectivity index (χ3n) is 5.45. The van der Waals surface area contributed by atoms with Crippen molar-refractivity contribution in [1.29, 1.82) is 0 Å². The molecule has 1 aliphatic carbocycles. The van der Waals surface area contributed by atoms with Crippen LogP contribution in [-0.2, 0) is 10.0 Å². The normalized spacial score (nSPS) is 33.8. The van der Waals surface area contributed by atoms with Crippen molar-refractivity contribution in [1.82, 2.24) is 9.62 Å². The first-order valence-corrected chi connectivity index (χ1v) is 9.98. The zero-order valence-corrected chi connectivity index (χ0v) is 13.2. The van der Waals surface area contributed by atoms with Crippen LogP contribution >= 0.6 is 0 Å². The molecule has 0 aromatic heterocycles. The minimum absolute atomic E-state index is 0.323. The van der Waals surface area contributed by atoms with E-state index in [0.717, 1.165) is 45.3 Å². The molecule has 5 heteroatoms. The Balaban J connectivity index is 1.68. The SMILES string of the molecule is O=S(=O)(CC1CCNCC1)N1CCCC2CCCCC21. The van der Waals surface area contributed by atoms with Crippen LogP contribution in [0, 0.1) is 11.8 Å². The van der Waals surface area contributed by atoms with Crippen molar-refractivity contribution in [2.24, 2.45) is 11.8 Å². The second-order valence-electron chi connectivity index (χ2n) is 6.84. The number of hydrogen-bond acceptors (Lipinski definition) is 3. The van der Waals surface area contributed by atoms with Gasteiger partial charge in [0.1, 0.15) is 0 Å². The molecule has 3 fully saturated rings. The van der Waals surface area contributed by atoms with Crippen LogP contribution in [0.2, 0.25) is 0 Å². The number of piperidine rings is 2. The largest absolute Gasteiger partial charge is 0.317 e. The van der Waals surface area contributed by atoms with E-state index in [0.29, 0.717) is 23.6 Å². The molecular weight excluding hydrogens is 272 g/mol. The lowest BCUT2D eigenvalue weighted by Crippen LogP contribution is -2.51. The van der Waals surface area contributed by atoms with Gasteiger partial charge in [0.25, 0.3) is 0 Å². The van der Waals surface area contributed by atoms with Crippen LogP contribution in [-0.4, -0.2) is 44.2 Å². The fourth-order valence-electron chi connectivity index (χ4n) is 4.37. The highest BCUT2D eigenvalue weighted by Crippen LogP contribution is 2.37. The maximum atomic E-state index is 12.8. The third-order valence-corrected chi connectivity index (χ3v) is 7.52. The summed E-state index contributed by atoms with van der Waals surface area (Å²) in [5.74, 6) is 1.39. The molecule has 0 amide bonds. The topological polar surface area (TPSA) is 49.4 Å². The van der Waals surface area contributed by atoms with Crippen LogP contribution in [0.5, 0.6) is 0 Å². The summed E-state index contributed by atoms with van der Waals surface area (Å²) < 4.78 is 27.5. The predicted molar refractivity (Wildman–Crippen MR) is 81.1 cm³/mol. The van der Waals surface area contributed by atoms with Gasteiger partial charge < -0.3 is 5.32 Å². The maximum Gasteiger partial charge on any atom is 0.214 e. The summed E-state index contributed by atoms with van der Waals surface area (Å²) in [5.41, 5.74) is 0. The minimum atomic E-state index is -3.05. The molecule has 2 unspecified atom stereocenters. The van der Waals surface area contributed by atoms with Crippen molar-refractivity contribution in [3.8, 4) is 0 Å². The van der Waals surface area contributed by atoms with Gasteiger partial charge in [-0.1, -0.05) is 12.8 Å². The number of fused-ring (bicyclic) bond motifs is 1. The number of hydrogen-bond donors (Lipinski definition) is 1. The first-order chi connectivity index (χ1) is 9.67. The van der Waals surface area contributed by atoms with Crippen LogP contribution in [0.15, 0.2) is 0 Å². The molecule has 0 aromatic carbocycles. The lowest BCUT2D eigenvalue weighted by molar-refractivity contribution is 0.128. The quantitative estimate of drug-likeness (QED) is 0.867. The Morgan fingerprint density at radius 2 is 1.65 bits per heavy atom. The smallest absolute Gasteiger partial charge is 0.214 e. The zero-order valence-electron chi connectivity index (χ0n) is 12.4. The molecule has 0 bridgehead atoms. The molecule has 2 saturated heterocycles. The van der Waals surface area contributed by atoms with Crippen molar-refractivity contribution in [3.63, 3.8) is 0 Å². The molecule has 1 N–H and O–H groups in total. The van der Waals surface area contributed by atoms with Gasteiger partial charge in [0, 0.05) is 12.6 Å². The van der Waals surface area contributed by atoms with Gasteiger partial charge in [-0.2, -0.15) is 4.31 Å². The van der Waals surface area contributed by atoms with Crippen LogP contribution in [0.25, 0.3) is 0 Å². The molecule has 20 heavy (non-hydrogen) atoms. The Kier molecular flexibility index (Phi) is 4.68. The minimum Gasteiger partial charge on any atom is -0.317 e. The summed E-state index contributed by atoms with van der Waals surface area (Å²) in [6, 6.07) is 0.323. The van der Waals surface area contributed by atoms with Crippen LogP contribution in [0.3, 0.4) is 0 Å². The number of rotatable bonds is 3. The second kappa shape index (κ2) is 6.32. The van der Waals surface area contributed by atoms with E-state index < -0.39 is 10.0 Å². The van der Waals surface area contributed by atoms with Crippen molar-refractivity contribution in [3.05, 3.63) is 0 Å². The monoisotopic (exact) mass is 300 g/mol. The van der Waals surface area contributed by atoms with E-state index in [2.05, 4.69) is 5.32 Å². The van der Waals surface area contributed by atoms with E-state index >= 15 is 0 Å². The molecule has 3 rings (SSSR count). The predicted octanol–water partition coefficient (Wildman–Crippen LogP) is 1.97. The van der Waals surface area contributed by atoms with Gasteiger partial charge in [0.2, 0.25) is 10.0 Å². The molecule has 3 aliphatic rings. The molecule has 4 nitrogen and oxygen atoms in total. The number of nitrogens with one attached hydrogen (secondary N) is 1. The number of sulfonamides is 1. The summed E-state index contributed by atoms with van der Waals surface area (Å²) in [6.07, 6.45) is 9.17. The molecule has 0 spiro atoms. The van der Waals surface area contributed by atoms with Crippen LogP contribution in [0.1, 0.15) is 51.4 Å². The molecule has 0 radical (unpaired) electrons. The Bertz CT molecular complexity index is 416. The first kappa shape index (κ1) is 14.8.